The smallest absolute Gasteiger partial charge is 0.191 e. The average molecular weight is 520 g/mol. The first kappa shape index (κ1) is 22.4. The Balaban J connectivity index is 0.00000256. The van der Waals surface area contributed by atoms with Gasteiger partial charge in [0.1, 0.15) is 5.76 Å². The van der Waals surface area contributed by atoms with E-state index < -0.39 is 0 Å². The molecule has 7 nitrogen and oxygen atoms in total. The number of guanidine groups is 1. The van der Waals surface area contributed by atoms with Crippen LogP contribution in [-0.4, -0.2) is 47.3 Å². The number of nitrogens with one attached hydrogen (secondary N) is 2. The highest BCUT2D eigenvalue weighted by molar-refractivity contribution is 14.0. The minimum atomic E-state index is 0. The Morgan fingerprint density at radius 2 is 1.90 bits per heavy atom. The topological polar surface area (TPSA) is 70.6 Å². The van der Waals surface area contributed by atoms with E-state index in [4.69, 9.17) is 4.42 Å². The molecule has 1 atom stereocenters. The molecule has 160 valence electrons. The Bertz CT molecular complexity index is 903. The highest BCUT2D eigenvalue weighted by Crippen LogP contribution is 2.24. The molecule has 1 saturated heterocycles. The van der Waals surface area contributed by atoms with Gasteiger partial charge in [-0.25, -0.2) is 4.68 Å². The molecule has 3 aromatic rings. The Morgan fingerprint density at radius 3 is 2.60 bits per heavy atom. The van der Waals surface area contributed by atoms with E-state index in [1.165, 1.54) is 12.8 Å². The van der Waals surface area contributed by atoms with E-state index in [2.05, 4.69) is 31.7 Å². The van der Waals surface area contributed by atoms with Gasteiger partial charge in [-0.2, -0.15) is 5.10 Å². The second-order valence-electron chi connectivity index (χ2n) is 7.17. The maximum absolute atomic E-state index is 5.69. The molecule has 0 saturated carbocycles. The monoisotopic (exact) mass is 520 g/mol. The summed E-state index contributed by atoms with van der Waals surface area (Å²) in [7, 11) is 1.79. The second-order valence-corrected chi connectivity index (χ2v) is 7.17. The zero-order valence-corrected chi connectivity index (χ0v) is 19.5. The lowest BCUT2D eigenvalue weighted by atomic mass is 10.2. The van der Waals surface area contributed by atoms with Crippen LogP contribution in [0.1, 0.15) is 30.3 Å². The van der Waals surface area contributed by atoms with Crippen molar-refractivity contribution >= 4 is 29.9 Å². The first-order valence-electron chi connectivity index (χ1n) is 10.2. The SMILES string of the molecule is CN=C(NCc1ccn(-c2ccccc2)n1)NCC(c1ccco1)N1CCCC1.I. The molecular formula is C22H29IN6O. The Hall–Kier alpha value is -2.33. The molecule has 1 fully saturated rings. The van der Waals surface area contributed by atoms with Gasteiger partial charge in [-0.15, -0.1) is 24.0 Å². The summed E-state index contributed by atoms with van der Waals surface area (Å²) < 4.78 is 7.58. The van der Waals surface area contributed by atoms with Crippen molar-refractivity contribution in [3.63, 3.8) is 0 Å². The van der Waals surface area contributed by atoms with Crippen molar-refractivity contribution in [2.24, 2.45) is 4.99 Å². The van der Waals surface area contributed by atoms with E-state index in [0.717, 1.165) is 42.7 Å². The number of hydrogen-bond acceptors (Lipinski definition) is 4. The van der Waals surface area contributed by atoms with Crippen molar-refractivity contribution in [2.75, 3.05) is 26.7 Å². The van der Waals surface area contributed by atoms with Crippen molar-refractivity contribution in [3.05, 3.63) is 72.4 Å². The highest BCUT2D eigenvalue weighted by Gasteiger charge is 2.25. The van der Waals surface area contributed by atoms with Crippen molar-refractivity contribution < 1.29 is 4.42 Å². The minimum absolute atomic E-state index is 0. The van der Waals surface area contributed by atoms with Gasteiger partial charge in [0, 0.05) is 19.8 Å². The van der Waals surface area contributed by atoms with Gasteiger partial charge in [-0.1, -0.05) is 18.2 Å². The van der Waals surface area contributed by atoms with Crippen molar-refractivity contribution in [1.29, 1.82) is 0 Å². The van der Waals surface area contributed by atoms with E-state index in [0.29, 0.717) is 6.54 Å². The summed E-state index contributed by atoms with van der Waals surface area (Å²) in [5.41, 5.74) is 2.01. The fraction of sp³-hybridized carbons (Fsp3) is 0.364. The molecule has 2 N–H and O–H groups in total. The summed E-state index contributed by atoms with van der Waals surface area (Å²) in [4.78, 5) is 6.83. The maximum Gasteiger partial charge on any atom is 0.191 e. The standard InChI is InChI=1S/C22H28N6O.HI/c1-23-22(24-16-18-11-14-28(26-18)19-8-3-2-4-9-19)25-17-20(21-10-7-15-29-21)27-12-5-6-13-27;/h2-4,7-11,14-15,20H,5-6,12-13,16-17H2,1H3,(H2,23,24,25);1H. The maximum atomic E-state index is 5.69. The summed E-state index contributed by atoms with van der Waals surface area (Å²) in [6.45, 7) is 3.56. The lowest BCUT2D eigenvalue weighted by Crippen LogP contribution is -2.42. The van der Waals surface area contributed by atoms with Crippen LogP contribution in [0.25, 0.3) is 5.69 Å². The zero-order valence-electron chi connectivity index (χ0n) is 17.2. The Labute approximate surface area is 194 Å². The van der Waals surface area contributed by atoms with Gasteiger partial charge < -0.3 is 15.1 Å². The molecule has 0 spiro atoms. The van der Waals surface area contributed by atoms with Gasteiger partial charge in [0.05, 0.1) is 30.2 Å². The van der Waals surface area contributed by atoms with Gasteiger partial charge in [0.15, 0.2) is 5.96 Å². The Morgan fingerprint density at radius 1 is 1.10 bits per heavy atom. The first-order valence-corrected chi connectivity index (χ1v) is 10.2. The molecule has 30 heavy (non-hydrogen) atoms. The lowest BCUT2D eigenvalue weighted by Gasteiger charge is -2.26. The molecule has 3 heterocycles. The van der Waals surface area contributed by atoms with Gasteiger partial charge >= 0.3 is 0 Å². The number of para-hydroxylation sites is 1. The number of aliphatic imine (C=N–C) groups is 1. The predicted molar refractivity (Wildman–Crippen MR) is 129 cm³/mol. The number of nitrogens with zero attached hydrogens (tertiary/aromatic N) is 4. The van der Waals surface area contributed by atoms with Crippen LogP contribution in [0, 0.1) is 0 Å². The number of aromatic nitrogens is 2. The summed E-state index contributed by atoms with van der Waals surface area (Å²) in [5.74, 6) is 1.76. The van der Waals surface area contributed by atoms with E-state index >= 15 is 0 Å². The van der Waals surface area contributed by atoms with Crippen LogP contribution in [0.4, 0.5) is 0 Å². The molecule has 0 amide bonds. The van der Waals surface area contributed by atoms with Gasteiger partial charge in [-0.3, -0.25) is 9.89 Å². The van der Waals surface area contributed by atoms with Gasteiger partial charge in [0.2, 0.25) is 0 Å². The lowest BCUT2D eigenvalue weighted by molar-refractivity contribution is 0.215. The van der Waals surface area contributed by atoms with Crippen molar-refractivity contribution in [1.82, 2.24) is 25.3 Å². The number of likely N-dealkylation sites (tertiary alicyclic amines) is 1. The predicted octanol–water partition coefficient (Wildman–Crippen LogP) is 3.59. The minimum Gasteiger partial charge on any atom is -0.468 e. The molecular weight excluding hydrogens is 491 g/mol. The fourth-order valence-electron chi connectivity index (χ4n) is 3.71. The number of rotatable bonds is 7. The fourth-order valence-corrected chi connectivity index (χ4v) is 3.71. The first-order chi connectivity index (χ1) is 14.3. The van der Waals surface area contributed by atoms with E-state index in [9.17, 15) is 0 Å². The summed E-state index contributed by atoms with van der Waals surface area (Å²) in [6, 6.07) is 16.3. The highest BCUT2D eigenvalue weighted by atomic mass is 127. The number of halogens is 1. The van der Waals surface area contributed by atoms with Crippen LogP contribution in [0.3, 0.4) is 0 Å². The summed E-state index contributed by atoms with van der Waals surface area (Å²) in [6.07, 6.45) is 6.21. The van der Waals surface area contributed by atoms with Gasteiger partial charge in [-0.05, 0) is 56.3 Å². The van der Waals surface area contributed by atoms with Crippen molar-refractivity contribution in [2.45, 2.75) is 25.4 Å². The van der Waals surface area contributed by atoms with Gasteiger partial charge in [0.25, 0.3) is 0 Å². The van der Waals surface area contributed by atoms with E-state index in [-0.39, 0.29) is 30.0 Å². The molecule has 1 unspecified atom stereocenters. The normalized spacial score (nSPS) is 15.6. The molecule has 8 heteroatoms. The molecule has 1 aliphatic heterocycles. The molecule has 0 radical (unpaired) electrons. The molecule has 4 rings (SSSR count). The van der Waals surface area contributed by atoms with Crippen LogP contribution in [-0.2, 0) is 6.54 Å². The van der Waals surface area contributed by atoms with Crippen molar-refractivity contribution in [3.8, 4) is 5.69 Å². The van der Waals surface area contributed by atoms with E-state index in [1.54, 1.807) is 13.3 Å². The van der Waals surface area contributed by atoms with E-state index in [1.807, 2.05) is 53.3 Å². The number of furan rings is 1. The molecule has 1 aromatic carbocycles. The van der Waals surface area contributed by atoms with Crippen LogP contribution in [0.5, 0.6) is 0 Å². The number of hydrogen-bond donors (Lipinski definition) is 2. The second kappa shape index (κ2) is 11.2. The third kappa shape index (κ3) is 5.63. The average Bonchev–Trinajstić information content (AvgIpc) is 3.54. The summed E-state index contributed by atoms with van der Waals surface area (Å²) >= 11 is 0. The van der Waals surface area contributed by atoms with Crippen LogP contribution < -0.4 is 10.6 Å². The molecule has 1 aliphatic rings. The third-order valence-corrected chi connectivity index (χ3v) is 5.24. The summed E-state index contributed by atoms with van der Waals surface area (Å²) in [5, 5.41) is 11.4. The largest absolute Gasteiger partial charge is 0.468 e. The molecule has 0 bridgehead atoms. The van der Waals surface area contributed by atoms with Crippen LogP contribution in [0.15, 0.2) is 70.4 Å². The molecule has 0 aliphatic carbocycles. The molecule has 2 aromatic heterocycles. The third-order valence-electron chi connectivity index (χ3n) is 5.24. The van der Waals surface area contributed by atoms with Crippen LogP contribution in [0.2, 0.25) is 0 Å². The Kier molecular flexibility index (Phi) is 8.32. The number of benzene rings is 1. The quantitative estimate of drug-likeness (QED) is 0.283. The van der Waals surface area contributed by atoms with Crippen LogP contribution >= 0.6 is 24.0 Å². The zero-order chi connectivity index (χ0) is 19.9.